The average molecular weight is 369 g/mol. The van der Waals surface area contributed by atoms with Crippen LogP contribution in [-0.2, 0) is 11.5 Å². The maximum absolute atomic E-state index is 12.5. The normalized spacial score (nSPS) is 12.2. The van der Waals surface area contributed by atoms with E-state index < -0.39 is 24.0 Å². The van der Waals surface area contributed by atoms with Crippen molar-refractivity contribution < 1.29 is 22.0 Å². The predicted octanol–water partition coefficient (Wildman–Crippen LogP) is 4.70. The van der Waals surface area contributed by atoms with Gasteiger partial charge in [0.1, 0.15) is 11.4 Å². The molecule has 0 saturated carbocycles. The topological polar surface area (TPSA) is 12.9 Å². The first-order chi connectivity index (χ1) is 7.27. The quantitative estimate of drug-likeness (QED) is 0.545. The summed E-state index contributed by atoms with van der Waals surface area (Å²) in [4.78, 5) is 2.94. The molecule has 0 aromatic carbocycles. The molecule has 0 amide bonds. The number of hydrogen-bond acceptors (Lipinski definition) is 1. The van der Waals surface area contributed by atoms with Crippen molar-refractivity contribution >= 4 is 31.9 Å². The number of hydrogen-bond donors (Lipinski definition) is 0. The van der Waals surface area contributed by atoms with Gasteiger partial charge >= 0.3 is 6.18 Å². The van der Waals surface area contributed by atoms with Crippen LogP contribution in [0.3, 0.4) is 0 Å². The minimum absolute atomic E-state index is 0.00159. The van der Waals surface area contributed by atoms with Gasteiger partial charge in [0.05, 0.1) is 0 Å². The molecule has 0 fully saturated rings. The smallest absolute Gasteiger partial charge is 0.242 e. The molecule has 16 heavy (non-hydrogen) atoms. The Balaban J connectivity index is 3.40. The van der Waals surface area contributed by atoms with Crippen LogP contribution in [0.1, 0.15) is 23.4 Å². The van der Waals surface area contributed by atoms with Crippen molar-refractivity contribution in [3.8, 4) is 0 Å². The van der Waals surface area contributed by atoms with E-state index in [9.17, 15) is 22.0 Å². The second kappa shape index (κ2) is 4.95. The highest BCUT2D eigenvalue weighted by atomic mass is 79.9. The third-order valence-corrected chi connectivity index (χ3v) is 3.00. The van der Waals surface area contributed by atoms with E-state index in [0.29, 0.717) is 6.07 Å². The SMILES string of the molecule is FC(F)c1nc(C(F)(F)F)cc(Br)c1CBr. The number of alkyl halides is 6. The zero-order valence-corrected chi connectivity index (χ0v) is 10.6. The summed E-state index contributed by atoms with van der Waals surface area (Å²) in [5, 5.41) is -0.00159. The summed E-state index contributed by atoms with van der Waals surface area (Å²) in [6, 6.07) is 0.683. The van der Waals surface area contributed by atoms with E-state index in [4.69, 9.17) is 0 Å². The Bertz CT molecular complexity index is 391. The van der Waals surface area contributed by atoms with E-state index in [1.807, 2.05) is 0 Å². The van der Waals surface area contributed by atoms with Crippen molar-refractivity contribution in [2.45, 2.75) is 17.9 Å². The van der Waals surface area contributed by atoms with E-state index in [2.05, 4.69) is 36.8 Å². The molecule has 0 saturated heterocycles. The highest BCUT2D eigenvalue weighted by Gasteiger charge is 2.34. The number of rotatable bonds is 2. The first-order valence-corrected chi connectivity index (χ1v) is 5.79. The monoisotopic (exact) mass is 367 g/mol. The molecule has 0 atom stereocenters. The molecule has 1 aromatic rings. The van der Waals surface area contributed by atoms with Crippen LogP contribution in [0.4, 0.5) is 22.0 Å². The van der Waals surface area contributed by atoms with Crippen LogP contribution in [0, 0.1) is 0 Å². The van der Waals surface area contributed by atoms with Gasteiger partial charge in [0.2, 0.25) is 0 Å². The van der Waals surface area contributed by atoms with E-state index in [1.54, 1.807) is 0 Å². The van der Waals surface area contributed by atoms with Crippen LogP contribution in [0.15, 0.2) is 10.5 Å². The lowest BCUT2D eigenvalue weighted by Crippen LogP contribution is -2.11. The summed E-state index contributed by atoms with van der Waals surface area (Å²) in [7, 11) is 0. The van der Waals surface area contributed by atoms with Gasteiger partial charge in [-0.1, -0.05) is 31.9 Å². The molecule has 1 nitrogen and oxygen atoms in total. The van der Waals surface area contributed by atoms with Gasteiger partial charge in [0.25, 0.3) is 6.43 Å². The van der Waals surface area contributed by atoms with E-state index in [-0.39, 0.29) is 15.4 Å². The van der Waals surface area contributed by atoms with Crippen molar-refractivity contribution in [2.75, 3.05) is 0 Å². The zero-order chi connectivity index (χ0) is 12.5. The number of halogens is 7. The van der Waals surface area contributed by atoms with Crippen LogP contribution in [-0.4, -0.2) is 4.98 Å². The zero-order valence-electron chi connectivity index (χ0n) is 7.45. The Labute approximate surface area is 104 Å². The molecular formula is C8H4Br2F5N. The van der Waals surface area contributed by atoms with Gasteiger partial charge in [-0.3, -0.25) is 0 Å². The average Bonchev–Trinajstić information content (AvgIpc) is 2.14. The summed E-state index contributed by atoms with van der Waals surface area (Å²) < 4.78 is 61.9. The molecule has 0 bridgehead atoms. The van der Waals surface area contributed by atoms with E-state index >= 15 is 0 Å². The summed E-state index contributed by atoms with van der Waals surface area (Å²) in [6.45, 7) is 0. The Morgan fingerprint density at radius 1 is 1.31 bits per heavy atom. The molecule has 0 radical (unpaired) electrons. The lowest BCUT2D eigenvalue weighted by molar-refractivity contribution is -0.141. The Kier molecular flexibility index (Phi) is 4.28. The Hall–Kier alpha value is -0.240. The van der Waals surface area contributed by atoms with Crippen LogP contribution < -0.4 is 0 Å². The molecule has 0 spiro atoms. The molecule has 0 aliphatic carbocycles. The number of nitrogens with zero attached hydrogens (tertiary/aromatic N) is 1. The molecule has 1 rings (SSSR count). The molecule has 0 unspecified atom stereocenters. The second-order valence-corrected chi connectivity index (χ2v) is 4.20. The fourth-order valence-corrected chi connectivity index (χ4v) is 2.54. The molecule has 0 aliphatic rings. The van der Waals surface area contributed by atoms with Crippen molar-refractivity contribution in [2.24, 2.45) is 0 Å². The number of aromatic nitrogens is 1. The van der Waals surface area contributed by atoms with Crippen molar-refractivity contribution in [1.29, 1.82) is 0 Å². The van der Waals surface area contributed by atoms with Gasteiger partial charge in [0, 0.05) is 15.4 Å². The summed E-state index contributed by atoms with van der Waals surface area (Å²) >= 11 is 5.73. The maximum Gasteiger partial charge on any atom is 0.433 e. The van der Waals surface area contributed by atoms with Crippen molar-refractivity contribution in [3.63, 3.8) is 0 Å². The highest BCUT2D eigenvalue weighted by Crippen LogP contribution is 2.35. The standard InChI is InChI=1S/C8H4Br2F5N/c9-2-3-4(10)1-5(8(13,14)15)16-6(3)7(11)12/h1,7H,2H2. The minimum Gasteiger partial charge on any atom is -0.242 e. The lowest BCUT2D eigenvalue weighted by atomic mass is 10.2. The number of pyridine rings is 1. The summed E-state index contributed by atoms with van der Waals surface area (Å²) in [5.74, 6) is 0. The van der Waals surface area contributed by atoms with Crippen LogP contribution in [0.5, 0.6) is 0 Å². The van der Waals surface area contributed by atoms with Crippen LogP contribution >= 0.6 is 31.9 Å². The first kappa shape index (κ1) is 13.8. The maximum atomic E-state index is 12.5. The third-order valence-electron chi connectivity index (χ3n) is 1.73. The van der Waals surface area contributed by atoms with Gasteiger partial charge in [-0.25, -0.2) is 13.8 Å². The molecule has 0 aliphatic heterocycles. The molecule has 1 aromatic heterocycles. The van der Waals surface area contributed by atoms with Crippen molar-refractivity contribution in [3.05, 3.63) is 27.5 Å². The largest absolute Gasteiger partial charge is 0.433 e. The molecular weight excluding hydrogens is 365 g/mol. The first-order valence-electron chi connectivity index (χ1n) is 3.88. The van der Waals surface area contributed by atoms with Gasteiger partial charge in [-0.15, -0.1) is 0 Å². The highest BCUT2D eigenvalue weighted by molar-refractivity contribution is 9.10. The molecule has 90 valence electrons. The summed E-state index contributed by atoms with van der Waals surface area (Å²) in [6.07, 6.45) is -7.79. The van der Waals surface area contributed by atoms with E-state index in [1.165, 1.54) is 0 Å². The van der Waals surface area contributed by atoms with Crippen LogP contribution in [0.2, 0.25) is 0 Å². The van der Waals surface area contributed by atoms with Crippen molar-refractivity contribution in [1.82, 2.24) is 4.98 Å². The second-order valence-electron chi connectivity index (χ2n) is 2.79. The van der Waals surface area contributed by atoms with Gasteiger partial charge in [-0.05, 0) is 6.07 Å². The molecule has 0 N–H and O–H groups in total. The lowest BCUT2D eigenvalue weighted by Gasteiger charge is -2.12. The Morgan fingerprint density at radius 3 is 2.25 bits per heavy atom. The fraction of sp³-hybridized carbons (Fsp3) is 0.375. The van der Waals surface area contributed by atoms with E-state index in [0.717, 1.165) is 0 Å². The molecule has 8 heteroatoms. The Morgan fingerprint density at radius 2 is 1.88 bits per heavy atom. The predicted molar refractivity (Wildman–Crippen MR) is 54.5 cm³/mol. The molecule has 1 heterocycles. The minimum atomic E-state index is -4.74. The fourth-order valence-electron chi connectivity index (χ4n) is 1.02. The van der Waals surface area contributed by atoms with Gasteiger partial charge in [-0.2, -0.15) is 13.2 Å². The van der Waals surface area contributed by atoms with Crippen LogP contribution in [0.25, 0.3) is 0 Å². The third kappa shape index (κ3) is 2.91. The summed E-state index contributed by atoms with van der Waals surface area (Å²) in [5.41, 5.74) is -2.18. The van der Waals surface area contributed by atoms with Gasteiger partial charge in [0.15, 0.2) is 0 Å². The van der Waals surface area contributed by atoms with Gasteiger partial charge < -0.3 is 0 Å².